The molecule has 0 aliphatic rings. The number of rotatable bonds is 10. The van der Waals surface area contributed by atoms with Gasteiger partial charge in [-0.1, -0.05) is 43.7 Å². The largest absolute Gasteiger partial charge is 0.494 e. The summed E-state index contributed by atoms with van der Waals surface area (Å²) >= 11 is 0. The molecule has 152 valence electrons. The molecule has 2 amide bonds. The van der Waals surface area contributed by atoms with Gasteiger partial charge in [0.15, 0.2) is 0 Å². The minimum Gasteiger partial charge on any atom is -0.494 e. The van der Waals surface area contributed by atoms with Gasteiger partial charge in [-0.2, -0.15) is 0 Å². The van der Waals surface area contributed by atoms with E-state index in [9.17, 15) is 14.4 Å². The Balaban J connectivity index is 2.12. The Morgan fingerprint density at radius 2 is 1.72 bits per heavy atom. The molecule has 0 aromatic heterocycles. The van der Waals surface area contributed by atoms with E-state index in [1.165, 1.54) is 6.08 Å². The third-order valence-corrected chi connectivity index (χ3v) is 3.89. The second-order valence-corrected chi connectivity index (χ2v) is 6.23. The molecule has 7 nitrogen and oxygen atoms in total. The summed E-state index contributed by atoms with van der Waals surface area (Å²) in [6.07, 6.45) is 3.46. The van der Waals surface area contributed by atoms with E-state index in [-0.39, 0.29) is 5.70 Å². The molecule has 0 atom stereocenters. The second-order valence-electron chi connectivity index (χ2n) is 6.23. The lowest BCUT2D eigenvalue weighted by Gasteiger charge is -2.11. The number of carbonyl (C=O) groups excluding carboxylic acids is 2. The fourth-order valence-electron chi connectivity index (χ4n) is 2.36. The fourth-order valence-corrected chi connectivity index (χ4v) is 2.36. The summed E-state index contributed by atoms with van der Waals surface area (Å²) in [5.74, 6) is -1.70. The fraction of sp³-hybridized carbons (Fsp3) is 0.227. The average molecular weight is 396 g/mol. The summed E-state index contributed by atoms with van der Waals surface area (Å²) in [7, 11) is 0. The molecule has 3 N–H and O–H groups in total. The van der Waals surface area contributed by atoms with Gasteiger partial charge in [0.25, 0.3) is 11.8 Å². The van der Waals surface area contributed by atoms with Crippen LogP contribution in [0.2, 0.25) is 0 Å². The predicted molar refractivity (Wildman–Crippen MR) is 109 cm³/mol. The Morgan fingerprint density at radius 3 is 2.34 bits per heavy atom. The second kappa shape index (κ2) is 11.3. The van der Waals surface area contributed by atoms with Crippen molar-refractivity contribution in [1.29, 1.82) is 0 Å². The lowest BCUT2D eigenvalue weighted by Crippen LogP contribution is -2.37. The predicted octanol–water partition coefficient (Wildman–Crippen LogP) is 2.84. The first-order valence-electron chi connectivity index (χ1n) is 9.30. The van der Waals surface area contributed by atoms with Gasteiger partial charge in [0.1, 0.15) is 18.0 Å². The molecule has 0 saturated heterocycles. The zero-order chi connectivity index (χ0) is 21.1. The van der Waals surface area contributed by atoms with Crippen molar-refractivity contribution in [3.63, 3.8) is 0 Å². The first kappa shape index (κ1) is 21.7. The molecular formula is C22H24N2O5. The van der Waals surface area contributed by atoms with Crippen molar-refractivity contribution in [2.45, 2.75) is 19.8 Å². The highest BCUT2D eigenvalue weighted by Gasteiger charge is 2.15. The number of carboxylic acid groups (broad SMARTS) is 1. The number of carbonyl (C=O) groups is 3. The van der Waals surface area contributed by atoms with Crippen molar-refractivity contribution in [3.05, 3.63) is 71.4 Å². The molecule has 0 saturated carbocycles. The van der Waals surface area contributed by atoms with Gasteiger partial charge in [-0.3, -0.25) is 14.4 Å². The Labute approximate surface area is 169 Å². The number of hydrogen-bond acceptors (Lipinski definition) is 4. The zero-order valence-electron chi connectivity index (χ0n) is 16.2. The van der Waals surface area contributed by atoms with Crippen LogP contribution in [0.25, 0.3) is 6.08 Å². The van der Waals surface area contributed by atoms with Crippen LogP contribution in [0, 0.1) is 0 Å². The summed E-state index contributed by atoms with van der Waals surface area (Å²) in [4.78, 5) is 35.6. The molecule has 7 heteroatoms. The quantitative estimate of drug-likeness (QED) is 0.423. The van der Waals surface area contributed by atoms with Gasteiger partial charge < -0.3 is 20.5 Å². The van der Waals surface area contributed by atoms with Gasteiger partial charge in [-0.25, -0.2) is 0 Å². The van der Waals surface area contributed by atoms with Crippen LogP contribution < -0.4 is 15.4 Å². The SMILES string of the molecule is CCCCOc1ccc(C(=O)N/C(=C/c2ccccc2)C(=O)NCC(=O)O)cc1. The zero-order valence-corrected chi connectivity index (χ0v) is 16.2. The van der Waals surface area contributed by atoms with E-state index in [2.05, 4.69) is 17.6 Å². The van der Waals surface area contributed by atoms with Gasteiger partial charge in [0, 0.05) is 5.56 Å². The molecule has 0 bridgehead atoms. The molecule has 0 unspecified atom stereocenters. The number of nitrogens with one attached hydrogen (secondary N) is 2. The molecule has 2 rings (SSSR count). The lowest BCUT2D eigenvalue weighted by molar-refractivity contribution is -0.137. The van der Waals surface area contributed by atoms with Crippen molar-refractivity contribution in [2.24, 2.45) is 0 Å². The van der Waals surface area contributed by atoms with Gasteiger partial charge in [-0.05, 0) is 42.3 Å². The molecule has 2 aromatic carbocycles. The Kier molecular flexibility index (Phi) is 8.44. The van der Waals surface area contributed by atoms with E-state index in [0.29, 0.717) is 23.5 Å². The van der Waals surface area contributed by atoms with Crippen molar-refractivity contribution >= 4 is 23.9 Å². The number of hydrogen-bond donors (Lipinski definition) is 3. The van der Waals surface area contributed by atoms with Crippen molar-refractivity contribution in [3.8, 4) is 5.75 Å². The van der Waals surface area contributed by atoms with Crippen LogP contribution >= 0.6 is 0 Å². The highest BCUT2D eigenvalue weighted by Crippen LogP contribution is 2.13. The molecule has 2 aromatic rings. The van der Waals surface area contributed by atoms with E-state index in [0.717, 1.165) is 12.8 Å². The molecule has 0 spiro atoms. The van der Waals surface area contributed by atoms with Crippen molar-refractivity contribution < 1.29 is 24.2 Å². The van der Waals surface area contributed by atoms with Crippen molar-refractivity contribution in [1.82, 2.24) is 10.6 Å². The molecular weight excluding hydrogens is 372 g/mol. The number of amides is 2. The van der Waals surface area contributed by atoms with Crippen molar-refractivity contribution in [2.75, 3.05) is 13.2 Å². The third-order valence-electron chi connectivity index (χ3n) is 3.89. The standard InChI is InChI=1S/C22H24N2O5/c1-2-3-13-29-18-11-9-17(10-12-18)21(27)24-19(22(28)23-15-20(25)26)14-16-7-5-4-6-8-16/h4-12,14H,2-3,13,15H2,1H3,(H,23,28)(H,24,27)(H,25,26)/b19-14+. The van der Waals surface area contributed by atoms with E-state index >= 15 is 0 Å². The number of carboxylic acids is 1. The number of benzene rings is 2. The summed E-state index contributed by atoms with van der Waals surface area (Å²) in [6, 6.07) is 15.5. The number of unbranched alkanes of at least 4 members (excludes halogenated alkanes) is 1. The number of ether oxygens (including phenoxy) is 1. The maximum Gasteiger partial charge on any atom is 0.322 e. The van der Waals surface area contributed by atoms with E-state index in [1.54, 1.807) is 48.5 Å². The van der Waals surface area contributed by atoms with Crippen LogP contribution in [0.4, 0.5) is 0 Å². The average Bonchev–Trinajstić information content (AvgIpc) is 2.73. The minimum absolute atomic E-state index is 0.0503. The van der Waals surface area contributed by atoms with E-state index in [1.807, 2.05) is 6.07 Å². The van der Waals surface area contributed by atoms with Gasteiger partial charge in [-0.15, -0.1) is 0 Å². The number of aliphatic carboxylic acids is 1. The minimum atomic E-state index is -1.18. The topological polar surface area (TPSA) is 105 Å². The van der Waals surface area contributed by atoms with E-state index in [4.69, 9.17) is 9.84 Å². The first-order valence-corrected chi connectivity index (χ1v) is 9.30. The smallest absolute Gasteiger partial charge is 0.322 e. The monoisotopic (exact) mass is 396 g/mol. The van der Waals surface area contributed by atoms with Crippen LogP contribution in [0.15, 0.2) is 60.3 Å². The molecule has 0 aliphatic carbocycles. The van der Waals surface area contributed by atoms with Crippen LogP contribution in [-0.2, 0) is 9.59 Å². The highest BCUT2D eigenvalue weighted by atomic mass is 16.5. The molecule has 29 heavy (non-hydrogen) atoms. The highest BCUT2D eigenvalue weighted by molar-refractivity contribution is 6.05. The Hall–Kier alpha value is -3.61. The Bertz CT molecular complexity index is 861. The molecule has 0 aliphatic heterocycles. The van der Waals surface area contributed by atoms with Crippen LogP contribution in [0.3, 0.4) is 0 Å². The van der Waals surface area contributed by atoms with E-state index < -0.39 is 24.3 Å². The summed E-state index contributed by atoms with van der Waals surface area (Å²) in [5, 5.41) is 13.6. The first-order chi connectivity index (χ1) is 14.0. The molecule has 0 fully saturated rings. The van der Waals surface area contributed by atoms with Gasteiger partial charge in [0.2, 0.25) is 0 Å². The van der Waals surface area contributed by atoms with Crippen LogP contribution in [0.5, 0.6) is 5.75 Å². The summed E-state index contributed by atoms with van der Waals surface area (Å²) in [6.45, 7) is 2.13. The molecule has 0 radical (unpaired) electrons. The third kappa shape index (κ3) is 7.50. The summed E-state index contributed by atoms with van der Waals surface area (Å²) < 4.78 is 5.57. The lowest BCUT2D eigenvalue weighted by atomic mass is 10.1. The maximum absolute atomic E-state index is 12.6. The van der Waals surface area contributed by atoms with Gasteiger partial charge in [0.05, 0.1) is 6.61 Å². The van der Waals surface area contributed by atoms with Crippen LogP contribution in [0.1, 0.15) is 35.7 Å². The van der Waals surface area contributed by atoms with Crippen LogP contribution in [-0.4, -0.2) is 36.0 Å². The molecule has 0 heterocycles. The maximum atomic E-state index is 12.6. The summed E-state index contributed by atoms with van der Waals surface area (Å²) in [5.41, 5.74) is 0.983. The van der Waals surface area contributed by atoms with Gasteiger partial charge >= 0.3 is 5.97 Å². The normalized spacial score (nSPS) is 10.9. The Morgan fingerprint density at radius 1 is 1.03 bits per heavy atom.